The fourth-order valence-corrected chi connectivity index (χ4v) is 12.3. The van der Waals surface area contributed by atoms with Crippen LogP contribution in [0.15, 0.2) is 212 Å². The molecular weight excluding hydrogens is 807 g/mol. The number of rotatable bonds is 5. The molecule has 0 aliphatic heterocycles. The summed E-state index contributed by atoms with van der Waals surface area (Å²) < 4.78 is 2.60. The lowest BCUT2D eigenvalue weighted by Crippen LogP contribution is -2.40. The van der Waals surface area contributed by atoms with E-state index in [2.05, 4.69) is 226 Å². The number of hydrogen-bond donors (Lipinski definition) is 0. The van der Waals surface area contributed by atoms with Crippen molar-refractivity contribution < 1.29 is 0 Å². The van der Waals surface area contributed by atoms with Crippen LogP contribution in [0.5, 0.6) is 0 Å². The van der Waals surface area contributed by atoms with Crippen LogP contribution in [0.1, 0.15) is 47.2 Å². The van der Waals surface area contributed by atoms with Gasteiger partial charge in [-0.15, -0.1) is 11.3 Å². The third kappa shape index (κ3) is 5.57. The molecule has 0 bridgehead atoms. The molecule has 0 N–H and O–H groups in total. The summed E-state index contributed by atoms with van der Waals surface area (Å²) in [6.45, 7) is 4.74. The van der Waals surface area contributed by atoms with Crippen molar-refractivity contribution in [2.45, 2.75) is 24.7 Å². The van der Waals surface area contributed by atoms with E-state index in [1.165, 1.54) is 75.8 Å². The summed E-state index contributed by atoms with van der Waals surface area (Å²) in [6.07, 6.45) is 0. The van der Waals surface area contributed by atoms with E-state index in [1.807, 2.05) is 11.3 Å². The molecule has 0 atom stereocenters. The topological polar surface area (TPSA) is 38.7 Å². The van der Waals surface area contributed by atoms with Gasteiger partial charge in [-0.05, 0) is 72.8 Å². The minimum atomic E-state index is -0.524. The SMILES string of the molecule is CC1(C)c2ccccc2C2(c3ccccc3-c3c(-c4nc(-c5ccc(-c6ccccc6)cc5)nc(-c5ccc(-c6cccc7c6sc6ccccc67)cc5)n4)cccc32)c2ccccc21. The maximum Gasteiger partial charge on any atom is 0.164 e. The molecule has 0 unspecified atom stereocenters. The second-order valence-electron chi connectivity index (χ2n) is 17.8. The van der Waals surface area contributed by atoms with Crippen LogP contribution < -0.4 is 0 Å². The van der Waals surface area contributed by atoms with Crippen molar-refractivity contribution in [1.29, 1.82) is 0 Å². The van der Waals surface area contributed by atoms with Crippen molar-refractivity contribution in [3.05, 3.63) is 246 Å². The zero-order valence-electron chi connectivity index (χ0n) is 36.0. The van der Waals surface area contributed by atoms with Crippen LogP contribution in [0.25, 0.3) is 87.7 Å². The molecule has 2 aliphatic rings. The van der Waals surface area contributed by atoms with Crippen LogP contribution >= 0.6 is 11.3 Å². The highest BCUT2D eigenvalue weighted by atomic mass is 32.1. The predicted molar refractivity (Wildman–Crippen MR) is 269 cm³/mol. The molecule has 3 nitrogen and oxygen atoms in total. The van der Waals surface area contributed by atoms with E-state index >= 15 is 0 Å². The Balaban J connectivity index is 1.01. The van der Waals surface area contributed by atoms with Gasteiger partial charge in [0.25, 0.3) is 0 Å². The quantitative estimate of drug-likeness (QED) is 0.173. The average molecular weight is 848 g/mol. The van der Waals surface area contributed by atoms with Crippen LogP contribution in [0.4, 0.5) is 0 Å². The molecule has 13 rings (SSSR count). The zero-order valence-corrected chi connectivity index (χ0v) is 36.8. The molecule has 0 amide bonds. The van der Waals surface area contributed by atoms with Gasteiger partial charge in [0.15, 0.2) is 17.5 Å². The Morgan fingerprint density at radius 2 is 0.785 bits per heavy atom. The summed E-state index contributed by atoms with van der Waals surface area (Å²) in [6, 6.07) is 77.1. The average Bonchev–Trinajstić information content (AvgIpc) is 3.90. The molecule has 4 heteroatoms. The van der Waals surface area contributed by atoms with Crippen molar-refractivity contribution in [2.75, 3.05) is 0 Å². The molecule has 0 fully saturated rings. The Hall–Kier alpha value is -7.79. The molecule has 0 saturated heterocycles. The number of nitrogens with zero attached hydrogens (tertiary/aromatic N) is 3. The van der Waals surface area contributed by atoms with Crippen molar-refractivity contribution in [2.24, 2.45) is 0 Å². The van der Waals surface area contributed by atoms with Gasteiger partial charge in [0.2, 0.25) is 0 Å². The minimum Gasteiger partial charge on any atom is -0.208 e. The molecule has 65 heavy (non-hydrogen) atoms. The van der Waals surface area contributed by atoms with Gasteiger partial charge >= 0.3 is 0 Å². The van der Waals surface area contributed by atoms with E-state index in [0.29, 0.717) is 17.5 Å². The maximum atomic E-state index is 5.42. The lowest BCUT2D eigenvalue weighted by Gasteiger charge is -2.46. The Morgan fingerprint density at radius 1 is 0.323 bits per heavy atom. The second kappa shape index (κ2) is 14.4. The Bertz CT molecular complexity index is 3630. The van der Waals surface area contributed by atoms with Gasteiger partial charge in [0, 0.05) is 42.3 Å². The Morgan fingerprint density at radius 3 is 1.48 bits per heavy atom. The predicted octanol–water partition coefficient (Wildman–Crippen LogP) is 15.6. The molecule has 1 spiro atoms. The number of hydrogen-bond acceptors (Lipinski definition) is 4. The van der Waals surface area contributed by atoms with Crippen molar-refractivity contribution in [3.63, 3.8) is 0 Å². The van der Waals surface area contributed by atoms with Crippen LogP contribution in [0.2, 0.25) is 0 Å². The van der Waals surface area contributed by atoms with Crippen LogP contribution in [-0.2, 0) is 10.8 Å². The first-order valence-electron chi connectivity index (χ1n) is 22.4. The Labute approximate surface area is 382 Å². The van der Waals surface area contributed by atoms with Gasteiger partial charge in [0.05, 0.1) is 5.41 Å². The summed E-state index contributed by atoms with van der Waals surface area (Å²) in [5.74, 6) is 1.92. The summed E-state index contributed by atoms with van der Waals surface area (Å²) in [4.78, 5) is 16.1. The lowest BCUT2D eigenvalue weighted by molar-refractivity contribution is 0.563. The van der Waals surface area contributed by atoms with E-state index in [-0.39, 0.29) is 5.41 Å². The van der Waals surface area contributed by atoms with Gasteiger partial charge in [0.1, 0.15) is 0 Å². The highest BCUT2D eigenvalue weighted by Crippen LogP contribution is 2.63. The standard InChI is InChI=1S/C61H41N3S/c1-60(2)49-24-9-11-26-51(49)61(52-27-12-10-25-50(52)60)48-23-8-6-19-46(48)55-47(22-15-28-53(55)61)59-63-57(41-34-30-39(31-35-41)38-16-4-3-5-17-38)62-58(64-59)42-36-32-40(33-37-42)43-20-14-21-45-44-18-7-13-29-54(44)65-56(43)45/h3-37H,1-2H3. The largest absolute Gasteiger partial charge is 0.208 e. The van der Waals surface area contributed by atoms with Gasteiger partial charge in [-0.2, -0.15) is 0 Å². The van der Waals surface area contributed by atoms with Crippen LogP contribution in [0.3, 0.4) is 0 Å². The highest BCUT2D eigenvalue weighted by molar-refractivity contribution is 7.26. The minimum absolute atomic E-state index is 0.179. The van der Waals surface area contributed by atoms with E-state index < -0.39 is 5.41 Å². The second-order valence-corrected chi connectivity index (χ2v) is 18.9. The molecule has 11 aromatic rings. The first-order chi connectivity index (χ1) is 32.0. The van der Waals surface area contributed by atoms with Crippen molar-refractivity contribution in [1.82, 2.24) is 15.0 Å². The molecule has 0 saturated carbocycles. The molecule has 0 radical (unpaired) electrons. The van der Waals surface area contributed by atoms with E-state index in [4.69, 9.17) is 15.0 Å². The third-order valence-corrected chi connectivity index (χ3v) is 15.3. The number of fused-ring (bicyclic) bond motifs is 12. The summed E-state index contributed by atoms with van der Waals surface area (Å²) in [5.41, 5.74) is 17.1. The first-order valence-corrected chi connectivity index (χ1v) is 23.2. The van der Waals surface area contributed by atoms with Crippen molar-refractivity contribution >= 4 is 31.5 Å². The number of thiophene rings is 1. The Kier molecular flexibility index (Phi) is 8.34. The maximum absolute atomic E-state index is 5.42. The van der Waals surface area contributed by atoms with Crippen LogP contribution in [-0.4, -0.2) is 15.0 Å². The third-order valence-electron chi connectivity index (χ3n) is 14.1. The molecule has 9 aromatic carbocycles. The monoisotopic (exact) mass is 847 g/mol. The van der Waals surface area contributed by atoms with Gasteiger partial charge in [-0.3, -0.25) is 0 Å². The smallest absolute Gasteiger partial charge is 0.164 e. The summed E-state index contributed by atoms with van der Waals surface area (Å²) in [7, 11) is 0. The summed E-state index contributed by atoms with van der Waals surface area (Å²) in [5, 5.41) is 2.59. The molecule has 306 valence electrons. The van der Waals surface area contributed by atoms with E-state index in [1.54, 1.807) is 0 Å². The van der Waals surface area contributed by atoms with Crippen LogP contribution in [0, 0.1) is 0 Å². The molecular formula is C61H41N3S. The summed E-state index contributed by atoms with van der Waals surface area (Å²) >= 11 is 1.85. The first kappa shape index (κ1) is 37.7. The number of aromatic nitrogens is 3. The molecule has 2 heterocycles. The van der Waals surface area contributed by atoms with E-state index in [0.717, 1.165) is 27.8 Å². The lowest BCUT2D eigenvalue weighted by atomic mass is 9.55. The molecule has 2 aliphatic carbocycles. The van der Waals surface area contributed by atoms with Gasteiger partial charge < -0.3 is 0 Å². The van der Waals surface area contributed by atoms with Gasteiger partial charge in [-0.25, -0.2) is 15.0 Å². The number of benzene rings is 9. The molecule has 2 aromatic heterocycles. The fourth-order valence-electron chi connectivity index (χ4n) is 11.1. The highest BCUT2D eigenvalue weighted by Gasteiger charge is 2.53. The fraction of sp³-hybridized carbons (Fsp3) is 0.0656. The van der Waals surface area contributed by atoms with Crippen molar-refractivity contribution in [3.8, 4) is 67.5 Å². The van der Waals surface area contributed by atoms with Gasteiger partial charge in [-0.1, -0.05) is 220 Å². The zero-order chi connectivity index (χ0) is 43.3. The van der Waals surface area contributed by atoms with E-state index in [9.17, 15) is 0 Å². The normalized spacial score (nSPS) is 13.9.